The van der Waals surface area contributed by atoms with Crippen LogP contribution in [0.2, 0.25) is 0 Å². The highest BCUT2D eigenvalue weighted by molar-refractivity contribution is 5.78. The molecule has 1 heterocycles. The summed E-state index contributed by atoms with van der Waals surface area (Å²) in [5, 5.41) is 9.18. The van der Waals surface area contributed by atoms with Crippen molar-refractivity contribution in [2.24, 2.45) is 0 Å². The number of aromatic nitrogens is 1. The van der Waals surface area contributed by atoms with E-state index in [1.165, 1.54) is 4.90 Å². The Bertz CT molecular complexity index is 364. The second-order valence-corrected chi connectivity index (χ2v) is 4.07. The van der Waals surface area contributed by atoms with Gasteiger partial charge in [-0.3, -0.25) is 9.78 Å². The van der Waals surface area contributed by atoms with Crippen molar-refractivity contribution >= 4 is 5.91 Å². The van der Waals surface area contributed by atoms with Crippen molar-refractivity contribution < 1.29 is 9.90 Å². The Labute approximate surface area is 95.9 Å². The molecule has 1 aromatic heterocycles. The Kier molecular flexibility index (Phi) is 4.43. The molecule has 1 rings (SSSR count). The van der Waals surface area contributed by atoms with Crippen molar-refractivity contribution in [2.45, 2.75) is 26.4 Å². The third kappa shape index (κ3) is 3.62. The molecule has 0 radical (unpaired) electrons. The summed E-state index contributed by atoms with van der Waals surface area (Å²) in [7, 11) is 1.69. The van der Waals surface area contributed by atoms with Crippen LogP contribution in [0.25, 0.3) is 0 Å². The van der Waals surface area contributed by atoms with Gasteiger partial charge < -0.3 is 10.0 Å². The number of nitrogens with zero attached hydrogens (tertiary/aromatic N) is 2. The first-order valence-corrected chi connectivity index (χ1v) is 5.33. The molecule has 0 saturated carbocycles. The van der Waals surface area contributed by atoms with Crippen molar-refractivity contribution in [3.8, 4) is 0 Å². The molecular weight excluding hydrogens is 204 g/mol. The summed E-state index contributed by atoms with van der Waals surface area (Å²) < 4.78 is 0. The fourth-order valence-electron chi connectivity index (χ4n) is 1.48. The zero-order chi connectivity index (χ0) is 12.1. The first-order valence-electron chi connectivity index (χ1n) is 5.33. The molecule has 1 aromatic rings. The third-order valence-electron chi connectivity index (χ3n) is 2.40. The normalized spacial score (nSPS) is 12.2. The van der Waals surface area contributed by atoms with Crippen LogP contribution in [0.5, 0.6) is 0 Å². The molecule has 0 saturated heterocycles. The number of pyridine rings is 1. The lowest BCUT2D eigenvalue weighted by Gasteiger charge is -2.18. The molecule has 1 atom stereocenters. The van der Waals surface area contributed by atoms with Crippen molar-refractivity contribution in [2.75, 3.05) is 13.6 Å². The van der Waals surface area contributed by atoms with Crippen LogP contribution in [0.1, 0.15) is 18.2 Å². The van der Waals surface area contributed by atoms with Crippen LogP contribution >= 0.6 is 0 Å². The fraction of sp³-hybridized carbons (Fsp3) is 0.500. The van der Waals surface area contributed by atoms with E-state index in [4.69, 9.17) is 0 Å². The number of rotatable bonds is 4. The number of hydrogen-bond acceptors (Lipinski definition) is 3. The van der Waals surface area contributed by atoms with Gasteiger partial charge >= 0.3 is 0 Å². The predicted octanol–water partition coefficient (Wildman–Crippen LogP) is 0.772. The first kappa shape index (κ1) is 12.6. The molecule has 0 aliphatic carbocycles. The lowest BCUT2D eigenvalue weighted by atomic mass is 10.1. The van der Waals surface area contributed by atoms with E-state index < -0.39 is 6.10 Å². The number of aliphatic hydroxyl groups excluding tert-OH is 1. The Morgan fingerprint density at radius 1 is 1.62 bits per heavy atom. The maximum absolute atomic E-state index is 11.8. The lowest BCUT2D eigenvalue weighted by Crippen LogP contribution is -2.34. The van der Waals surface area contributed by atoms with Gasteiger partial charge in [-0.25, -0.2) is 0 Å². The van der Waals surface area contributed by atoms with E-state index >= 15 is 0 Å². The van der Waals surface area contributed by atoms with Gasteiger partial charge in [0.15, 0.2) is 0 Å². The maximum atomic E-state index is 11.8. The van der Waals surface area contributed by atoms with E-state index in [0.717, 1.165) is 11.3 Å². The van der Waals surface area contributed by atoms with E-state index in [0.29, 0.717) is 6.54 Å². The zero-order valence-electron chi connectivity index (χ0n) is 9.97. The van der Waals surface area contributed by atoms with E-state index in [-0.39, 0.29) is 12.3 Å². The second-order valence-electron chi connectivity index (χ2n) is 4.07. The monoisotopic (exact) mass is 222 g/mol. The van der Waals surface area contributed by atoms with Crippen molar-refractivity contribution in [1.29, 1.82) is 0 Å². The number of aryl methyl sites for hydroxylation is 1. The summed E-state index contributed by atoms with van der Waals surface area (Å²) in [4.78, 5) is 17.5. The number of carbonyl (C=O) groups excluding carboxylic acids is 1. The SMILES string of the molecule is Cc1cccnc1CC(=O)N(C)CC(C)O. The van der Waals surface area contributed by atoms with Crippen molar-refractivity contribution in [3.63, 3.8) is 0 Å². The number of aliphatic hydroxyl groups is 1. The molecule has 4 nitrogen and oxygen atoms in total. The minimum Gasteiger partial charge on any atom is -0.392 e. The summed E-state index contributed by atoms with van der Waals surface area (Å²) >= 11 is 0. The number of likely N-dealkylation sites (N-methyl/N-ethyl adjacent to an activating group) is 1. The average molecular weight is 222 g/mol. The largest absolute Gasteiger partial charge is 0.392 e. The molecule has 1 amide bonds. The average Bonchev–Trinajstić information content (AvgIpc) is 2.20. The molecule has 16 heavy (non-hydrogen) atoms. The molecule has 1 unspecified atom stereocenters. The van der Waals surface area contributed by atoms with Crippen LogP contribution in [0.15, 0.2) is 18.3 Å². The minimum absolute atomic E-state index is 0.0253. The Morgan fingerprint density at radius 2 is 2.31 bits per heavy atom. The molecule has 0 bridgehead atoms. The number of amides is 1. The topological polar surface area (TPSA) is 53.4 Å². The highest BCUT2D eigenvalue weighted by atomic mass is 16.3. The van der Waals surface area contributed by atoms with Gasteiger partial charge in [0, 0.05) is 19.8 Å². The van der Waals surface area contributed by atoms with Gasteiger partial charge in [0.2, 0.25) is 5.91 Å². The summed E-state index contributed by atoms with van der Waals surface area (Å²) in [6.45, 7) is 3.95. The van der Waals surface area contributed by atoms with Crippen molar-refractivity contribution in [1.82, 2.24) is 9.88 Å². The van der Waals surface area contributed by atoms with Crippen molar-refractivity contribution in [3.05, 3.63) is 29.6 Å². The van der Waals surface area contributed by atoms with Gasteiger partial charge in [-0.05, 0) is 25.5 Å². The van der Waals surface area contributed by atoms with Gasteiger partial charge in [0.25, 0.3) is 0 Å². The molecule has 0 aliphatic rings. The molecule has 0 fully saturated rings. The summed E-state index contributed by atoms with van der Waals surface area (Å²) in [6, 6.07) is 3.78. The van der Waals surface area contributed by atoms with Crippen LogP contribution in [0.4, 0.5) is 0 Å². The highest BCUT2D eigenvalue weighted by Gasteiger charge is 2.13. The molecule has 4 heteroatoms. The molecule has 0 spiro atoms. The van der Waals surface area contributed by atoms with Crippen LogP contribution in [0.3, 0.4) is 0 Å². The van der Waals surface area contributed by atoms with Crippen LogP contribution in [-0.2, 0) is 11.2 Å². The predicted molar refractivity (Wildman–Crippen MR) is 62.0 cm³/mol. The van der Waals surface area contributed by atoms with Gasteiger partial charge in [0.1, 0.15) is 0 Å². The Balaban J connectivity index is 2.61. The molecule has 88 valence electrons. The van der Waals surface area contributed by atoms with E-state index in [1.807, 2.05) is 19.1 Å². The van der Waals surface area contributed by atoms with Gasteiger partial charge in [-0.15, -0.1) is 0 Å². The van der Waals surface area contributed by atoms with Crippen LogP contribution < -0.4 is 0 Å². The molecule has 0 aliphatic heterocycles. The Morgan fingerprint density at radius 3 is 2.88 bits per heavy atom. The quantitative estimate of drug-likeness (QED) is 0.818. The van der Waals surface area contributed by atoms with Gasteiger partial charge in [0.05, 0.1) is 18.2 Å². The van der Waals surface area contributed by atoms with E-state index in [1.54, 1.807) is 20.2 Å². The standard InChI is InChI=1S/C12H18N2O2/c1-9-5-4-6-13-11(9)7-12(16)14(3)8-10(2)15/h4-6,10,15H,7-8H2,1-3H3. The number of carbonyl (C=O) groups is 1. The van der Waals surface area contributed by atoms with Gasteiger partial charge in [-0.1, -0.05) is 6.07 Å². The minimum atomic E-state index is -0.501. The van der Waals surface area contributed by atoms with E-state index in [2.05, 4.69) is 4.98 Å². The van der Waals surface area contributed by atoms with Gasteiger partial charge in [-0.2, -0.15) is 0 Å². The first-order chi connectivity index (χ1) is 7.50. The third-order valence-corrected chi connectivity index (χ3v) is 2.40. The molecule has 0 aromatic carbocycles. The second kappa shape index (κ2) is 5.61. The summed E-state index contributed by atoms with van der Waals surface area (Å²) in [6.07, 6.45) is 1.47. The zero-order valence-corrected chi connectivity index (χ0v) is 9.97. The summed E-state index contributed by atoms with van der Waals surface area (Å²) in [5.74, 6) is -0.0253. The lowest BCUT2D eigenvalue weighted by molar-refractivity contribution is -0.130. The van der Waals surface area contributed by atoms with E-state index in [9.17, 15) is 9.90 Å². The highest BCUT2D eigenvalue weighted by Crippen LogP contribution is 2.05. The number of hydrogen-bond donors (Lipinski definition) is 1. The fourth-order valence-corrected chi connectivity index (χ4v) is 1.48. The molecule has 1 N–H and O–H groups in total. The summed E-state index contributed by atoms with van der Waals surface area (Å²) in [5.41, 5.74) is 1.81. The van der Waals surface area contributed by atoms with Crippen LogP contribution in [0, 0.1) is 6.92 Å². The maximum Gasteiger partial charge on any atom is 0.228 e. The Hall–Kier alpha value is -1.42. The smallest absolute Gasteiger partial charge is 0.228 e. The molecular formula is C12H18N2O2. The van der Waals surface area contributed by atoms with Crippen LogP contribution in [-0.4, -0.2) is 40.6 Å².